The zero-order valence-electron chi connectivity index (χ0n) is 11.4. The van der Waals surface area contributed by atoms with Gasteiger partial charge in [-0.1, -0.05) is 0 Å². The predicted molar refractivity (Wildman–Crippen MR) is 73.5 cm³/mol. The molecular formula is C12H25N5O2. The molecule has 1 aliphatic heterocycles. The second-order valence-corrected chi connectivity index (χ2v) is 5.01. The van der Waals surface area contributed by atoms with Gasteiger partial charge in [-0.2, -0.15) is 0 Å². The van der Waals surface area contributed by atoms with Gasteiger partial charge in [0.1, 0.15) is 0 Å². The van der Waals surface area contributed by atoms with Crippen LogP contribution in [0.3, 0.4) is 0 Å². The second kappa shape index (κ2) is 7.98. The van der Waals surface area contributed by atoms with Crippen molar-refractivity contribution in [2.75, 3.05) is 20.1 Å². The number of amides is 1. The van der Waals surface area contributed by atoms with Crippen LogP contribution >= 0.6 is 0 Å². The second-order valence-electron chi connectivity index (χ2n) is 5.01. The van der Waals surface area contributed by atoms with Crippen molar-refractivity contribution < 1.29 is 9.90 Å². The maximum atomic E-state index is 11.7. The number of nitrogens with two attached hydrogens (primary N) is 2. The van der Waals surface area contributed by atoms with Crippen molar-refractivity contribution >= 4 is 5.91 Å². The maximum absolute atomic E-state index is 11.7. The van der Waals surface area contributed by atoms with Crippen LogP contribution in [0.5, 0.6) is 0 Å². The summed E-state index contributed by atoms with van der Waals surface area (Å²) in [6.07, 6.45) is 2.97. The fourth-order valence-corrected chi connectivity index (χ4v) is 2.08. The van der Waals surface area contributed by atoms with E-state index in [1.165, 1.54) is 6.20 Å². The number of nitrogens with zero attached hydrogens (tertiary/aromatic N) is 1. The van der Waals surface area contributed by atoms with Crippen LogP contribution in [0.15, 0.2) is 11.9 Å². The van der Waals surface area contributed by atoms with E-state index in [2.05, 4.69) is 22.7 Å². The largest absolute Gasteiger partial charge is 0.399 e. The Labute approximate surface area is 114 Å². The molecule has 7 nitrogen and oxygen atoms in total. The average Bonchev–Trinajstić information content (AvgIpc) is 2.39. The molecule has 1 aliphatic rings. The number of rotatable bonds is 6. The Bertz CT molecular complexity index is 313. The van der Waals surface area contributed by atoms with E-state index in [0.717, 1.165) is 25.9 Å². The number of carbonyl (C=O) groups excluding carboxylic acids is 1. The van der Waals surface area contributed by atoms with Gasteiger partial charge in [0, 0.05) is 18.7 Å². The third-order valence-electron chi connectivity index (χ3n) is 3.36. The van der Waals surface area contributed by atoms with E-state index in [4.69, 9.17) is 11.6 Å². The Morgan fingerprint density at radius 3 is 2.74 bits per heavy atom. The molecule has 1 heterocycles. The predicted octanol–water partition coefficient (Wildman–Crippen LogP) is -1.40. The number of hydrazine groups is 1. The van der Waals surface area contributed by atoms with Gasteiger partial charge in [0.05, 0.1) is 11.8 Å². The Morgan fingerprint density at radius 2 is 2.16 bits per heavy atom. The molecule has 1 atom stereocenters. The summed E-state index contributed by atoms with van der Waals surface area (Å²) >= 11 is 0. The standard InChI is InChI=1S/C12H25N5O2/c1-17-6-4-9(5-7-17)16-12(19)3-2-11(18)10(13)8-15-14/h8-9,11,15,18H,2-7,13-14H2,1H3,(H,16,19)/b10-8-. The molecule has 0 bridgehead atoms. The lowest BCUT2D eigenvalue weighted by atomic mass is 10.0. The van der Waals surface area contributed by atoms with Gasteiger partial charge in [-0.05, 0) is 39.4 Å². The van der Waals surface area contributed by atoms with Crippen LogP contribution in [-0.2, 0) is 4.79 Å². The summed E-state index contributed by atoms with van der Waals surface area (Å²) in [6, 6.07) is 0.249. The van der Waals surface area contributed by atoms with Gasteiger partial charge in [0.2, 0.25) is 5.91 Å². The number of nitrogens with one attached hydrogen (secondary N) is 2. The normalized spacial score (nSPS) is 20.1. The van der Waals surface area contributed by atoms with Crippen molar-refractivity contribution in [1.29, 1.82) is 0 Å². The molecule has 7 heteroatoms. The molecule has 1 amide bonds. The highest BCUT2D eigenvalue weighted by Gasteiger charge is 2.19. The maximum Gasteiger partial charge on any atom is 0.220 e. The Morgan fingerprint density at radius 1 is 1.53 bits per heavy atom. The van der Waals surface area contributed by atoms with Crippen molar-refractivity contribution in [3.05, 3.63) is 11.9 Å². The van der Waals surface area contributed by atoms with E-state index >= 15 is 0 Å². The lowest BCUT2D eigenvalue weighted by Gasteiger charge is -2.29. The van der Waals surface area contributed by atoms with Gasteiger partial charge < -0.3 is 26.5 Å². The minimum absolute atomic E-state index is 0.0397. The van der Waals surface area contributed by atoms with Gasteiger partial charge in [-0.3, -0.25) is 10.6 Å². The van der Waals surface area contributed by atoms with Crippen LogP contribution in [0.25, 0.3) is 0 Å². The Balaban J connectivity index is 2.22. The van der Waals surface area contributed by atoms with E-state index in [-0.39, 0.29) is 24.1 Å². The number of piperidine rings is 1. The monoisotopic (exact) mass is 271 g/mol. The summed E-state index contributed by atoms with van der Waals surface area (Å²) in [4.78, 5) is 14.0. The molecule has 0 spiro atoms. The van der Waals surface area contributed by atoms with Crippen LogP contribution in [0.1, 0.15) is 25.7 Å². The Hall–Kier alpha value is -1.31. The first-order valence-corrected chi connectivity index (χ1v) is 6.60. The molecule has 0 aromatic carbocycles. The topological polar surface area (TPSA) is 117 Å². The SMILES string of the molecule is CN1CCC(NC(=O)CCC(O)/C(N)=C/NN)CC1. The van der Waals surface area contributed by atoms with Crippen LogP contribution in [0.4, 0.5) is 0 Å². The number of aliphatic hydroxyl groups excluding tert-OH is 1. The molecule has 1 fully saturated rings. The molecule has 1 rings (SSSR count). The molecule has 0 aromatic rings. The first kappa shape index (κ1) is 15.7. The molecule has 110 valence electrons. The van der Waals surface area contributed by atoms with Gasteiger partial charge in [0.15, 0.2) is 0 Å². The van der Waals surface area contributed by atoms with Crippen LogP contribution in [0.2, 0.25) is 0 Å². The fraction of sp³-hybridized carbons (Fsp3) is 0.750. The van der Waals surface area contributed by atoms with Gasteiger partial charge in [-0.15, -0.1) is 0 Å². The van der Waals surface area contributed by atoms with E-state index in [9.17, 15) is 9.90 Å². The minimum Gasteiger partial charge on any atom is -0.399 e. The third kappa shape index (κ3) is 5.91. The quantitative estimate of drug-likeness (QED) is 0.300. The summed E-state index contributed by atoms with van der Waals surface area (Å²) in [7, 11) is 2.08. The Kier molecular flexibility index (Phi) is 6.61. The van der Waals surface area contributed by atoms with E-state index in [1.807, 2.05) is 0 Å². The van der Waals surface area contributed by atoms with Crippen LogP contribution in [0, 0.1) is 0 Å². The highest BCUT2D eigenvalue weighted by molar-refractivity contribution is 5.76. The molecule has 0 radical (unpaired) electrons. The molecule has 1 unspecified atom stereocenters. The number of hydrogen-bond donors (Lipinski definition) is 5. The molecule has 7 N–H and O–H groups in total. The number of aliphatic hydroxyl groups is 1. The summed E-state index contributed by atoms with van der Waals surface area (Å²) in [6.45, 7) is 2.01. The van der Waals surface area contributed by atoms with Crippen LogP contribution in [-0.4, -0.2) is 48.2 Å². The highest BCUT2D eigenvalue weighted by Crippen LogP contribution is 2.09. The molecule has 1 saturated heterocycles. The van der Waals surface area contributed by atoms with Crippen molar-refractivity contribution in [3.8, 4) is 0 Å². The first-order chi connectivity index (χ1) is 9.02. The lowest BCUT2D eigenvalue weighted by Crippen LogP contribution is -2.43. The highest BCUT2D eigenvalue weighted by atomic mass is 16.3. The van der Waals surface area contributed by atoms with Crippen LogP contribution < -0.4 is 22.3 Å². The van der Waals surface area contributed by atoms with Crippen molar-refractivity contribution in [3.63, 3.8) is 0 Å². The summed E-state index contributed by atoms with van der Waals surface area (Å²) in [5.74, 6) is 5.02. The summed E-state index contributed by atoms with van der Waals surface area (Å²) in [5, 5.41) is 12.7. The third-order valence-corrected chi connectivity index (χ3v) is 3.36. The van der Waals surface area contributed by atoms with Crippen molar-refractivity contribution in [2.45, 2.75) is 37.8 Å². The van der Waals surface area contributed by atoms with Crippen molar-refractivity contribution in [1.82, 2.24) is 15.6 Å². The first-order valence-electron chi connectivity index (χ1n) is 6.60. The van der Waals surface area contributed by atoms with Gasteiger partial charge in [-0.25, -0.2) is 0 Å². The lowest BCUT2D eigenvalue weighted by molar-refractivity contribution is -0.122. The van der Waals surface area contributed by atoms with E-state index in [0.29, 0.717) is 6.42 Å². The number of likely N-dealkylation sites (tertiary alicyclic amines) is 1. The average molecular weight is 271 g/mol. The minimum atomic E-state index is -0.848. The zero-order chi connectivity index (χ0) is 14.3. The molecular weight excluding hydrogens is 246 g/mol. The zero-order valence-corrected chi connectivity index (χ0v) is 11.4. The van der Waals surface area contributed by atoms with E-state index in [1.54, 1.807) is 0 Å². The van der Waals surface area contributed by atoms with Crippen molar-refractivity contribution in [2.24, 2.45) is 11.6 Å². The molecule has 0 aliphatic carbocycles. The number of carbonyl (C=O) groups is 1. The van der Waals surface area contributed by atoms with Gasteiger partial charge >= 0.3 is 0 Å². The molecule has 0 aromatic heterocycles. The smallest absolute Gasteiger partial charge is 0.220 e. The number of hydrogen-bond acceptors (Lipinski definition) is 6. The molecule has 0 saturated carbocycles. The van der Waals surface area contributed by atoms with Gasteiger partial charge in [0.25, 0.3) is 0 Å². The fourth-order valence-electron chi connectivity index (χ4n) is 2.08. The summed E-state index contributed by atoms with van der Waals surface area (Å²) in [5.41, 5.74) is 8.03. The summed E-state index contributed by atoms with van der Waals surface area (Å²) < 4.78 is 0. The molecule has 19 heavy (non-hydrogen) atoms. The van der Waals surface area contributed by atoms with E-state index < -0.39 is 6.10 Å².